The third kappa shape index (κ3) is 2.85. The van der Waals surface area contributed by atoms with Crippen LogP contribution in [-0.2, 0) is 0 Å². The number of rotatable bonds is 5. The van der Waals surface area contributed by atoms with Crippen molar-refractivity contribution in [2.75, 3.05) is 13.2 Å². The van der Waals surface area contributed by atoms with Gasteiger partial charge in [-0.2, -0.15) is 0 Å². The van der Waals surface area contributed by atoms with Gasteiger partial charge in [0.2, 0.25) is 0 Å². The Hall–Kier alpha value is -1.33. The van der Waals surface area contributed by atoms with Gasteiger partial charge >= 0.3 is 0 Å². The maximum absolute atomic E-state index is 12.3. The van der Waals surface area contributed by atoms with Crippen LogP contribution in [0.3, 0.4) is 0 Å². The highest BCUT2D eigenvalue weighted by Crippen LogP contribution is 2.47. The van der Waals surface area contributed by atoms with E-state index in [0.29, 0.717) is 12.3 Å². The second-order valence-corrected chi connectivity index (χ2v) is 6.77. The third-order valence-electron chi connectivity index (χ3n) is 4.33. The zero-order chi connectivity index (χ0) is 15.0. The van der Waals surface area contributed by atoms with E-state index < -0.39 is 0 Å². The normalized spacial score (nSPS) is 16.1. The number of amides is 1. The van der Waals surface area contributed by atoms with Crippen molar-refractivity contribution in [2.45, 2.75) is 26.2 Å². The number of aryl methyl sites for hydroxylation is 1. The van der Waals surface area contributed by atoms with Gasteiger partial charge in [0.25, 0.3) is 5.91 Å². The molecule has 1 aliphatic rings. The molecule has 0 unspecified atom stereocenters. The van der Waals surface area contributed by atoms with E-state index in [-0.39, 0.29) is 17.9 Å². The maximum Gasteiger partial charge on any atom is 0.287 e. The highest BCUT2D eigenvalue weighted by molar-refractivity contribution is 9.10. The van der Waals surface area contributed by atoms with Gasteiger partial charge in [-0.05, 0) is 49.8 Å². The highest BCUT2D eigenvalue weighted by atomic mass is 79.9. The molecule has 5 heteroatoms. The van der Waals surface area contributed by atoms with Gasteiger partial charge in [0.1, 0.15) is 5.58 Å². The van der Waals surface area contributed by atoms with Crippen molar-refractivity contribution in [2.24, 2.45) is 5.41 Å². The second-order valence-electron chi connectivity index (χ2n) is 5.85. The summed E-state index contributed by atoms with van der Waals surface area (Å²) < 4.78 is 6.64. The van der Waals surface area contributed by atoms with Crippen LogP contribution < -0.4 is 5.32 Å². The predicted molar refractivity (Wildman–Crippen MR) is 84.4 cm³/mol. The monoisotopic (exact) mass is 351 g/mol. The zero-order valence-electron chi connectivity index (χ0n) is 11.9. The first-order valence-corrected chi connectivity index (χ1v) is 7.92. The van der Waals surface area contributed by atoms with Crippen LogP contribution in [0.2, 0.25) is 0 Å². The van der Waals surface area contributed by atoms with Crippen LogP contribution in [0.5, 0.6) is 0 Å². The van der Waals surface area contributed by atoms with Crippen LogP contribution in [-0.4, -0.2) is 24.2 Å². The summed E-state index contributed by atoms with van der Waals surface area (Å²) in [5.74, 6) is 0.201. The van der Waals surface area contributed by atoms with Gasteiger partial charge in [-0.1, -0.05) is 15.9 Å². The Morgan fingerprint density at radius 3 is 2.90 bits per heavy atom. The van der Waals surface area contributed by atoms with Gasteiger partial charge in [-0.3, -0.25) is 4.79 Å². The van der Waals surface area contributed by atoms with Crippen molar-refractivity contribution in [3.8, 4) is 0 Å². The number of halogens is 1. The van der Waals surface area contributed by atoms with Crippen molar-refractivity contribution in [1.29, 1.82) is 0 Å². The molecule has 112 valence electrons. The fourth-order valence-electron chi connectivity index (χ4n) is 2.69. The smallest absolute Gasteiger partial charge is 0.287 e. The molecule has 0 atom stereocenters. The number of hydrogen-bond acceptors (Lipinski definition) is 3. The fraction of sp³-hybridized carbons (Fsp3) is 0.438. The lowest BCUT2D eigenvalue weighted by Crippen LogP contribution is -2.30. The molecule has 1 amide bonds. The summed E-state index contributed by atoms with van der Waals surface area (Å²) in [5, 5.41) is 13.0. The Labute approximate surface area is 131 Å². The molecule has 0 bridgehead atoms. The van der Waals surface area contributed by atoms with Crippen LogP contribution in [0.15, 0.2) is 27.1 Å². The lowest BCUT2D eigenvalue weighted by molar-refractivity contribution is 0.0914. The zero-order valence-corrected chi connectivity index (χ0v) is 13.5. The Morgan fingerprint density at radius 2 is 2.24 bits per heavy atom. The van der Waals surface area contributed by atoms with E-state index in [0.717, 1.165) is 40.3 Å². The van der Waals surface area contributed by atoms with Crippen LogP contribution in [0.25, 0.3) is 11.0 Å². The van der Waals surface area contributed by atoms with E-state index in [1.807, 2.05) is 25.1 Å². The number of nitrogens with one attached hydrogen (secondary N) is 1. The molecule has 21 heavy (non-hydrogen) atoms. The van der Waals surface area contributed by atoms with E-state index in [1.165, 1.54) is 0 Å². The largest absolute Gasteiger partial charge is 0.451 e. The van der Waals surface area contributed by atoms with E-state index in [9.17, 15) is 4.79 Å². The van der Waals surface area contributed by atoms with Crippen LogP contribution in [0.1, 0.15) is 35.4 Å². The summed E-state index contributed by atoms with van der Waals surface area (Å²) in [5.41, 5.74) is 1.68. The lowest BCUT2D eigenvalue weighted by Gasteiger charge is -2.13. The van der Waals surface area contributed by atoms with Crippen LogP contribution >= 0.6 is 15.9 Å². The molecule has 1 aromatic carbocycles. The number of aliphatic hydroxyl groups excluding tert-OH is 1. The summed E-state index contributed by atoms with van der Waals surface area (Å²) in [7, 11) is 0. The standard InChI is InChI=1S/C16H18BrNO3/c1-10-12-8-11(17)2-3-13(12)21-14(10)15(20)18-9-16(4-5-16)6-7-19/h2-3,8,19H,4-7,9H2,1H3,(H,18,20). The second kappa shape index (κ2) is 5.46. The Morgan fingerprint density at radius 1 is 1.48 bits per heavy atom. The molecule has 0 saturated heterocycles. The first-order valence-electron chi connectivity index (χ1n) is 7.12. The number of carbonyl (C=O) groups is 1. The SMILES string of the molecule is Cc1c(C(=O)NCC2(CCO)CC2)oc2ccc(Br)cc12. The van der Waals surface area contributed by atoms with E-state index >= 15 is 0 Å². The van der Waals surface area contributed by atoms with E-state index in [2.05, 4.69) is 21.2 Å². The number of carbonyl (C=O) groups excluding carboxylic acids is 1. The van der Waals surface area contributed by atoms with Crippen molar-refractivity contribution in [3.63, 3.8) is 0 Å². The minimum Gasteiger partial charge on any atom is -0.451 e. The lowest BCUT2D eigenvalue weighted by atomic mass is 10.0. The summed E-state index contributed by atoms with van der Waals surface area (Å²) in [4.78, 5) is 12.3. The van der Waals surface area contributed by atoms with Crippen molar-refractivity contribution < 1.29 is 14.3 Å². The molecule has 2 aromatic rings. The number of benzene rings is 1. The van der Waals surface area contributed by atoms with Crippen molar-refractivity contribution in [3.05, 3.63) is 34.0 Å². The van der Waals surface area contributed by atoms with Gasteiger partial charge in [0, 0.05) is 28.6 Å². The number of aliphatic hydroxyl groups is 1. The number of hydrogen-bond donors (Lipinski definition) is 2. The average molecular weight is 352 g/mol. The summed E-state index contributed by atoms with van der Waals surface area (Å²) in [6.45, 7) is 2.67. The number of fused-ring (bicyclic) bond motifs is 1. The molecule has 1 aliphatic carbocycles. The molecule has 1 heterocycles. The van der Waals surface area contributed by atoms with Gasteiger partial charge < -0.3 is 14.8 Å². The van der Waals surface area contributed by atoms with Gasteiger partial charge in [0.15, 0.2) is 5.76 Å². The average Bonchev–Trinajstić information content (AvgIpc) is 3.16. The Bertz CT molecular complexity index is 688. The van der Waals surface area contributed by atoms with E-state index in [1.54, 1.807) is 0 Å². The molecule has 3 rings (SSSR count). The molecule has 0 radical (unpaired) electrons. The van der Waals surface area contributed by atoms with Gasteiger partial charge in [-0.15, -0.1) is 0 Å². The summed E-state index contributed by atoms with van der Waals surface area (Å²) in [6.07, 6.45) is 2.89. The minimum atomic E-state index is -0.177. The maximum atomic E-state index is 12.3. The van der Waals surface area contributed by atoms with Crippen LogP contribution in [0, 0.1) is 12.3 Å². The van der Waals surface area contributed by atoms with E-state index in [4.69, 9.17) is 9.52 Å². The molecule has 4 nitrogen and oxygen atoms in total. The molecule has 1 fully saturated rings. The minimum absolute atomic E-state index is 0.105. The summed E-state index contributed by atoms with van der Waals surface area (Å²) >= 11 is 3.43. The number of furan rings is 1. The first-order chi connectivity index (χ1) is 10.0. The summed E-state index contributed by atoms with van der Waals surface area (Å²) in [6, 6.07) is 5.71. The third-order valence-corrected chi connectivity index (χ3v) is 4.82. The van der Waals surface area contributed by atoms with Crippen molar-refractivity contribution in [1.82, 2.24) is 5.32 Å². The quantitative estimate of drug-likeness (QED) is 0.867. The molecular weight excluding hydrogens is 334 g/mol. The van der Waals surface area contributed by atoms with Gasteiger partial charge in [0.05, 0.1) is 0 Å². The molecular formula is C16H18BrNO3. The molecule has 1 saturated carbocycles. The molecule has 1 aromatic heterocycles. The Kier molecular flexibility index (Phi) is 3.80. The van der Waals surface area contributed by atoms with Crippen LogP contribution in [0.4, 0.5) is 0 Å². The Balaban J connectivity index is 1.77. The topological polar surface area (TPSA) is 62.5 Å². The first kappa shape index (κ1) is 14.6. The van der Waals surface area contributed by atoms with Crippen molar-refractivity contribution >= 4 is 32.8 Å². The molecule has 0 spiro atoms. The van der Waals surface area contributed by atoms with Gasteiger partial charge in [-0.25, -0.2) is 0 Å². The predicted octanol–water partition coefficient (Wildman–Crippen LogP) is 3.40. The molecule has 0 aliphatic heterocycles. The molecule has 2 N–H and O–H groups in total. The fourth-order valence-corrected chi connectivity index (χ4v) is 3.05. The highest BCUT2D eigenvalue weighted by Gasteiger charge is 2.42.